The van der Waals surface area contributed by atoms with E-state index >= 15 is 0 Å². The average molecular weight is 253 g/mol. The molecule has 1 unspecified atom stereocenters. The molecular formula is C16H12FNO. The van der Waals surface area contributed by atoms with E-state index in [1.807, 2.05) is 30.3 Å². The molecule has 94 valence electrons. The van der Waals surface area contributed by atoms with Crippen LogP contribution in [0.2, 0.25) is 0 Å². The number of rotatable bonds is 2. The summed E-state index contributed by atoms with van der Waals surface area (Å²) in [5.74, 6) is -0.424. The van der Waals surface area contributed by atoms with Crippen molar-refractivity contribution in [1.82, 2.24) is 0 Å². The van der Waals surface area contributed by atoms with Gasteiger partial charge in [-0.3, -0.25) is 9.69 Å². The Balaban J connectivity index is 1.98. The van der Waals surface area contributed by atoms with Crippen molar-refractivity contribution < 1.29 is 9.18 Å². The fourth-order valence-corrected chi connectivity index (χ4v) is 2.33. The van der Waals surface area contributed by atoms with Crippen LogP contribution in [0.5, 0.6) is 0 Å². The van der Waals surface area contributed by atoms with Gasteiger partial charge in [0.25, 0.3) is 5.91 Å². The first-order chi connectivity index (χ1) is 9.18. The zero-order chi connectivity index (χ0) is 13.4. The molecule has 0 radical (unpaired) electrons. The molecule has 0 aliphatic carbocycles. The number of hydrogen-bond donors (Lipinski definition) is 0. The Morgan fingerprint density at radius 3 is 2.26 bits per heavy atom. The maximum absolute atomic E-state index is 12.9. The van der Waals surface area contributed by atoms with Crippen molar-refractivity contribution in [3.8, 4) is 0 Å². The largest absolute Gasteiger partial charge is 0.297 e. The van der Waals surface area contributed by atoms with Gasteiger partial charge < -0.3 is 0 Å². The van der Waals surface area contributed by atoms with Crippen molar-refractivity contribution in [2.75, 3.05) is 4.90 Å². The lowest BCUT2D eigenvalue weighted by Crippen LogP contribution is -2.48. The molecule has 19 heavy (non-hydrogen) atoms. The second kappa shape index (κ2) is 4.35. The molecule has 2 aromatic carbocycles. The molecular weight excluding hydrogens is 241 g/mol. The van der Waals surface area contributed by atoms with Crippen LogP contribution in [-0.4, -0.2) is 5.91 Å². The summed E-state index contributed by atoms with van der Waals surface area (Å²) in [4.78, 5) is 13.6. The molecule has 2 nitrogen and oxygen atoms in total. The van der Waals surface area contributed by atoms with Gasteiger partial charge in [0, 0.05) is 11.3 Å². The van der Waals surface area contributed by atoms with E-state index in [4.69, 9.17) is 0 Å². The van der Waals surface area contributed by atoms with Crippen LogP contribution in [0.15, 0.2) is 66.7 Å². The molecule has 1 heterocycles. The van der Waals surface area contributed by atoms with Crippen molar-refractivity contribution in [1.29, 1.82) is 0 Å². The Hall–Kier alpha value is -2.42. The highest BCUT2D eigenvalue weighted by atomic mass is 19.1. The third-order valence-electron chi connectivity index (χ3n) is 3.30. The lowest BCUT2D eigenvalue weighted by molar-refractivity contribution is -0.118. The fourth-order valence-electron chi connectivity index (χ4n) is 2.33. The molecule has 3 rings (SSSR count). The predicted molar refractivity (Wildman–Crippen MR) is 72.2 cm³/mol. The normalized spacial score (nSPS) is 18.4. The van der Waals surface area contributed by atoms with Gasteiger partial charge in [0.15, 0.2) is 0 Å². The highest BCUT2D eigenvalue weighted by molar-refractivity contribution is 6.14. The van der Waals surface area contributed by atoms with Crippen molar-refractivity contribution in [3.05, 3.63) is 78.1 Å². The molecule has 0 N–H and O–H groups in total. The van der Waals surface area contributed by atoms with Crippen molar-refractivity contribution in [2.24, 2.45) is 0 Å². The summed E-state index contributed by atoms with van der Waals surface area (Å²) in [6, 6.07) is 15.5. The summed E-state index contributed by atoms with van der Waals surface area (Å²) < 4.78 is 12.9. The van der Waals surface area contributed by atoms with Crippen molar-refractivity contribution in [3.63, 3.8) is 0 Å². The topological polar surface area (TPSA) is 20.3 Å². The Bertz CT molecular complexity index is 634. The van der Waals surface area contributed by atoms with Gasteiger partial charge in [-0.15, -0.1) is 0 Å². The maximum atomic E-state index is 12.9. The van der Waals surface area contributed by atoms with Crippen LogP contribution < -0.4 is 4.90 Å². The van der Waals surface area contributed by atoms with Crippen LogP contribution >= 0.6 is 0 Å². The zero-order valence-corrected chi connectivity index (χ0v) is 10.2. The van der Waals surface area contributed by atoms with Gasteiger partial charge in [-0.05, 0) is 29.8 Å². The Morgan fingerprint density at radius 2 is 1.63 bits per heavy atom. The first kappa shape index (κ1) is 11.7. The van der Waals surface area contributed by atoms with E-state index in [1.165, 1.54) is 12.1 Å². The van der Waals surface area contributed by atoms with Crippen molar-refractivity contribution >= 4 is 11.6 Å². The monoisotopic (exact) mass is 253 g/mol. The molecule has 1 atom stereocenters. The molecule has 0 spiro atoms. The molecule has 3 heteroatoms. The van der Waals surface area contributed by atoms with Gasteiger partial charge in [-0.25, -0.2) is 4.39 Å². The number of amides is 1. The molecule has 0 aromatic heterocycles. The van der Waals surface area contributed by atoms with E-state index in [2.05, 4.69) is 6.58 Å². The number of halogens is 1. The first-order valence-electron chi connectivity index (χ1n) is 6.01. The quantitative estimate of drug-likeness (QED) is 0.592. The van der Waals surface area contributed by atoms with Gasteiger partial charge in [0.1, 0.15) is 5.82 Å². The lowest BCUT2D eigenvalue weighted by Gasteiger charge is -2.42. The Labute approximate surface area is 110 Å². The smallest absolute Gasteiger partial charge is 0.256 e. The molecule has 1 aliphatic heterocycles. The highest BCUT2D eigenvalue weighted by Gasteiger charge is 2.42. The summed E-state index contributed by atoms with van der Waals surface area (Å²) in [5.41, 5.74) is 2.26. The number of benzene rings is 2. The second-order valence-corrected chi connectivity index (χ2v) is 4.49. The minimum atomic E-state index is -0.313. The minimum absolute atomic E-state index is 0.111. The van der Waals surface area contributed by atoms with E-state index in [0.29, 0.717) is 11.3 Å². The molecule has 0 saturated carbocycles. The standard InChI is InChI=1S/C16H12FNO/c1-11-15(12-5-3-2-4-6-12)18(16(11)19)14-9-7-13(17)8-10-14/h2-10,15H,1H2. The number of carbonyl (C=O) groups is 1. The number of β-lactam (4-membered cyclic amide) rings is 1. The third-order valence-corrected chi connectivity index (χ3v) is 3.30. The summed E-state index contributed by atoms with van der Waals surface area (Å²) >= 11 is 0. The summed E-state index contributed by atoms with van der Waals surface area (Å²) in [6.45, 7) is 3.83. The lowest BCUT2D eigenvalue weighted by atomic mass is 9.88. The molecule has 1 fully saturated rings. The molecule has 1 saturated heterocycles. The van der Waals surface area contributed by atoms with Crippen LogP contribution in [0.1, 0.15) is 11.6 Å². The number of anilines is 1. The number of hydrogen-bond acceptors (Lipinski definition) is 1. The van der Waals surface area contributed by atoms with Gasteiger partial charge in [0.2, 0.25) is 0 Å². The van der Waals surface area contributed by atoms with E-state index in [-0.39, 0.29) is 17.8 Å². The first-order valence-corrected chi connectivity index (χ1v) is 6.01. The minimum Gasteiger partial charge on any atom is -0.297 e. The van der Waals surface area contributed by atoms with Crippen LogP contribution in [0.25, 0.3) is 0 Å². The van der Waals surface area contributed by atoms with Crippen LogP contribution in [0.4, 0.5) is 10.1 Å². The fraction of sp³-hybridized carbons (Fsp3) is 0.0625. The Kier molecular flexibility index (Phi) is 2.67. The third kappa shape index (κ3) is 1.83. The molecule has 1 aliphatic rings. The van der Waals surface area contributed by atoms with Gasteiger partial charge in [-0.1, -0.05) is 36.9 Å². The molecule has 1 amide bonds. The van der Waals surface area contributed by atoms with Crippen LogP contribution in [-0.2, 0) is 4.79 Å². The van der Waals surface area contributed by atoms with Crippen LogP contribution in [0, 0.1) is 5.82 Å². The second-order valence-electron chi connectivity index (χ2n) is 4.49. The summed E-state index contributed by atoms with van der Waals surface area (Å²) in [6.07, 6.45) is 0. The van der Waals surface area contributed by atoms with Gasteiger partial charge in [0.05, 0.1) is 6.04 Å². The Morgan fingerprint density at radius 1 is 1.00 bits per heavy atom. The molecule has 2 aromatic rings. The summed E-state index contributed by atoms with van der Waals surface area (Å²) in [5, 5.41) is 0. The van der Waals surface area contributed by atoms with Gasteiger partial charge >= 0.3 is 0 Å². The van der Waals surface area contributed by atoms with Crippen LogP contribution in [0.3, 0.4) is 0 Å². The average Bonchev–Trinajstić information content (AvgIpc) is 2.46. The zero-order valence-electron chi connectivity index (χ0n) is 10.2. The maximum Gasteiger partial charge on any atom is 0.256 e. The summed E-state index contributed by atoms with van der Waals surface area (Å²) in [7, 11) is 0. The van der Waals surface area contributed by atoms with E-state index in [1.54, 1.807) is 17.0 Å². The van der Waals surface area contributed by atoms with Gasteiger partial charge in [-0.2, -0.15) is 0 Å². The number of carbonyl (C=O) groups excluding carboxylic acids is 1. The van der Waals surface area contributed by atoms with E-state index in [9.17, 15) is 9.18 Å². The van der Waals surface area contributed by atoms with E-state index < -0.39 is 0 Å². The number of nitrogens with zero attached hydrogens (tertiary/aromatic N) is 1. The van der Waals surface area contributed by atoms with E-state index in [0.717, 1.165) is 5.56 Å². The van der Waals surface area contributed by atoms with Crippen molar-refractivity contribution in [2.45, 2.75) is 6.04 Å². The SMILES string of the molecule is C=C1C(=O)N(c2ccc(F)cc2)C1c1ccccc1. The molecule has 0 bridgehead atoms. The predicted octanol–water partition coefficient (Wildman–Crippen LogP) is 3.47. The highest BCUT2D eigenvalue weighted by Crippen LogP contribution is 2.41.